The van der Waals surface area contributed by atoms with Crippen LogP contribution in [-0.4, -0.2) is 17.8 Å². The standard InChI is InChI=1S/C23H16F6/c1-13-7-3-5-9-16(13)19-20(22(26,27)23(28,29)21(19,24)25)18-14(2)11-12-15-8-4-6-10-17(15)18/h3-12H,1-2H3. The Morgan fingerprint density at radius 3 is 1.86 bits per heavy atom. The Bertz CT molecular complexity index is 1160. The van der Waals surface area contributed by atoms with Crippen LogP contribution in [0.2, 0.25) is 0 Å². The fourth-order valence-electron chi connectivity index (χ4n) is 3.98. The molecule has 0 amide bonds. The maximum Gasteiger partial charge on any atom is 0.380 e. The number of alkyl halides is 6. The summed E-state index contributed by atoms with van der Waals surface area (Å²) >= 11 is 0. The Balaban J connectivity index is 2.23. The Morgan fingerprint density at radius 2 is 1.17 bits per heavy atom. The molecule has 0 saturated heterocycles. The second-order valence-corrected chi connectivity index (χ2v) is 7.27. The molecule has 0 heterocycles. The number of halogens is 6. The molecule has 1 aliphatic carbocycles. The first-order chi connectivity index (χ1) is 13.5. The van der Waals surface area contributed by atoms with Crippen molar-refractivity contribution in [3.05, 3.63) is 82.9 Å². The number of fused-ring (bicyclic) bond motifs is 1. The molecule has 0 radical (unpaired) electrons. The van der Waals surface area contributed by atoms with E-state index in [1.165, 1.54) is 50.2 Å². The van der Waals surface area contributed by atoms with Gasteiger partial charge in [-0.25, -0.2) is 0 Å². The first kappa shape index (κ1) is 19.6. The van der Waals surface area contributed by atoms with Gasteiger partial charge in [0.1, 0.15) is 0 Å². The fourth-order valence-corrected chi connectivity index (χ4v) is 3.98. The molecule has 0 spiro atoms. The molecule has 1 aliphatic rings. The van der Waals surface area contributed by atoms with Crippen LogP contribution in [0.1, 0.15) is 22.3 Å². The summed E-state index contributed by atoms with van der Waals surface area (Å²) in [5.41, 5.74) is -2.77. The molecular formula is C23H16F6. The topological polar surface area (TPSA) is 0 Å². The molecular weight excluding hydrogens is 390 g/mol. The lowest BCUT2D eigenvalue weighted by Crippen LogP contribution is -2.49. The van der Waals surface area contributed by atoms with Gasteiger partial charge in [-0.3, -0.25) is 0 Å². The van der Waals surface area contributed by atoms with E-state index in [2.05, 4.69) is 0 Å². The van der Waals surface area contributed by atoms with Crippen LogP contribution in [0, 0.1) is 13.8 Å². The normalized spacial score (nSPS) is 19.7. The molecule has 3 aromatic carbocycles. The molecule has 150 valence electrons. The second kappa shape index (κ2) is 6.12. The summed E-state index contributed by atoms with van der Waals surface area (Å²) in [6.45, 7) is 2.88. The average molecular weight is 406 g/mol. The van der Waals surface area contributed by atoms with E-state index in [0.717, 1.165) is 0 Å². The highest BCUT2D eigenvalue weighted by Crippen LogP contribution is 2.65. The number of benzene rings is 3. The lowest BCUT2D eigenvalue weighted by Gasteiger charge is -2.26. The predicted molar refractivity (Wildman–Crippen MR) is 102 cm³/mol. The van der Waals surface area contributed by atoms with Crippen molar-refractivity contribution in [2.24, 2.45) is 0 Å². The van der Waals surface area contributed by atoms with Gasteiger partial charge in [-0.1, -0.05) is 60.7 Å². The van der Waals surface area contributed by atoms with Gasteiger partial charge in [-0.2, -0.15) is 26.3 Å². The van der Waals surface area contributed by atoms with Gasteiger partial charge in [0, 0.05) is 11.1 Å². The Hall–Kier alpha value is -2.76. The second-order valence-electron chi connectivity index (χ2n) is 7.27. The van der Waals surface area contributed by atoms with E-state index in [-0.39, 0.29) is 27.6 Å². The van der Waals surface area contributed by atoms with Gasteiger partial charge in [0.2, 0.25) is 0 Å². The quantitative estimate of drug-likeness (QED) is 0.392. The van der Waals surface area contributed by atoms with E-state index in [1.807, 2.05) is 0 Å². The van der Waals surface area contributed by atoms with Crippen LogP contribution in [0.25, 0.3) is 21.9 Å². The van der Waals surface area contributed by atoms with E-state index >= 15 is 8.78 Å². The number of hydrogen-bond donors (Lipinski definition) is 0. The van der Waals surface area contributed by atoms with Crippen LogP contribution >= 0.6 is 0 Å². The molecule has 0 fully saturated rings. The summed E-state index contributed by atoms with van der Waals surface area (Å²) in [7, 11) is 0. The Labute approximate surface area is 163 Å². The monoisotopic (exact) mass is 406 g/mol. The molecule has 0 aromatic heterocycles. The van der Waals surface area contributed by atoms with E-state index in [4.69, 9.17) is 0 Å². The van der Waals surface area contributed by atoms with Crippen molar-refractivity contribution in [3.8, 4) is 0 Å². The molecule has 0 N–H and O–H groups in total. The van der Waals surface area contributed by atoms with Crippen molar-refractivity contribution in [1.82, 2.24) is 0 Å². The highest BCUT2D eigenvalue weighted by Gasteiger charge is 2.80. The fraction of sp³-hybridized carbons (Fsp3) is 0.217. The van der Waals surface area contributed by atoms with Crippen LogP contribution in [-0.2, 0) is 0 Å². The summed E-state index contributed by atoms with van der Waals surface area (Å²) in [5, 5.41) is 0.723. The van der Waals surface area contributed by atoms with E-state index in [9.17, 15) is 17.6 Å². The van der Waals surface area contributed by atoms with Crippen molar-refractivity contribution in [2.45, 2.75) is 31.6 Å². The van der Waals surface area contributed by atoms with Gasteiger partial charge in [-0.05, 0) is 46.9 Å². The van der Waals surface area contributed by atoms with Crippen molar-refractivity contribution in [1.29, 1.82) is 0 Å². The van der Waals surface area contributed by atoms with Gasteiger partial charge in [0.15, 0.2) is 0 Å². The first-order valence-corrected chi connectivity index (χ1v) is 8.95. The van der Waals surface area contributed by atoms with Crippen LogP contribution < -0.4 is 0 Å². The molecule has 0 nitrogen and oxygen atoms in total. The van der Waals surface area contributed by atoms with Crippen LogP contribution in [0.4, 0.5) is 26.3 Å². The third-order valence-electron chi connectivity index (χ3n) is 5.47. The summed E-state index contributed by atoms with van der Waals surface area (Å²) in [5.74, 6) is -15.7. The predicted octanol–water partition coefficient (Wildman–Crippen LogP) is 7.29. The molecule has 29 heavy (non-hydrogen) atoms. The third-order valence-corrected chi connectivity index (χ3v) is 5.47. The minimum Gasteiger partial charge on any atom is -0.194 e. The maximum atomic E-state index is 15.1. The lowest BCUT2D eigenvalue weighted by molar-refractivity contribution is -0.254. The molecule has 0 unspecified atom stereocenters. The minimum atomic E-state index is -5.56. The van der Waals surface area contributed by atoms with Crippen molar-refractivity contribution < 1.29 is 26.3 Å². The average Bonchev–Trinajstić information content (AvgIpc) is 2.77. The van der Waals surface area contributed by atoms with Crippen molar-refractivity contribution >= 4 is 21.9 Å². The third kappa shape index (κ3) is 2.47. The molecule has 0 atom stereocenters. The summed E-state index contributed by atoms with van der Waals surface area (Å²) < 4.78 is 89.0. The van der Waals surface area contributed by atoms with Crippen molar-refractivity contribution in [3.63, 3.8) is 0 Å². The Kier molecular flexibility index (Phi) is 4.12. The molecule has 0 aliphatic heterocycles. The molecule has 6 heteroatoms. The molecule has 0 bridgehead atoms. The van der Waals surface area contributed by atoms with Gasteiger partial charge in [-0.15, -0.1) is 0 Å². The Morgan fingerprint density at radius 1 is 0.586 bits per heavy atom. The molecule has 4 rings (SSSR count). The van der Waals surface area contributed by atoms with E-state index in [0.29, 0.717) is 5.39 Å². The lowest BCUT2D eigenvalue weighted by atomic mass is 9.87. The van der Waals surface area contributed by atoms with Gasteiger partial charge in [0.05, 0.1) is 0 Å². The SMILES string of the molecule is Cc1ccccc1C1=C(c2c(C)ccc3ccccc23)C(F)(F)C(F)(F)C1(F)F. The van der Waals surface area contributed by atoms with E-state index in [1.54, 1.807) is 24.3 Å². The molecule has 3 aromatic rings. The highest BCUT2D eigenvalue weighted by molar-refractivity contribution is 6.08. The molecule has 0 saturated carbocycles. The minimum absolute atomic E-state index is 0.214. The van der Waals surface area contributed by atoms with Crippen LogP contribution in [0.5, 0.6) is 0 Å². The zero-order valence-electron chi connectivity index (χ0n) is 15.5. The number of rotatable bonds is 2. The van der Waals surface area contributed by atoms with Crippen LogP contribution in [0.3, 0.4) is 0 Å². The van der Waals surface area contributed by atoms with Crippen molar-refractivity contribution in [2.75, 3.05) is 0 Å². The van der Waals surface area contributed by atoms with Gasteiger partial charge >= 0.3 is 17.8 Å². The highest BCUT2D eigenvalue weighted by atomic mass is 19.3. The van der Waals surface area contributed by atoms with E-state index < -0.39 is 28.9 Å². The van der Waals surface area contributed by atoms with Crippen LogP contribution in [0.15, 0.2) is 60.7 Å². The number of allylic oxidation sites excluding steroid dienone is 2. The largest absolute Gasteiger partial charge is 0.380 e. The smallest absolute Gasteiger partial charge is 0.194 e. The maximum absolute atomic E-state index is 15.1. The van der Waals surface area contributed by atoms with Gasteiger partial charge in [0.25, 0.3) is 0 Å². The first-order valence-electron chi connectivity index (χ1n) is 8.95. The zero-order valence-corrected chi connectivity index (χ0v) is 15.5. The number of hydrogen-bond acceptors (Lipinski definition) is 0. The summed E-state index contributed by atoms with van der Waals surface area (Å²) in [4.78, 5) is 0. The zero-order chi connectivity index (χ0) is 21.2. The van der Waals surface area contributed by atoms with Gasteiger partial charge < -0.3 is 0 Å². The summed E-state index contributed by atoms with van der Waals surface area (Å²) in [6.07, 6.45) is 0. The summed E-state index contributed by atoms with van der Waals surface area (Å²) in [6, 6.07) is 14.9. The number of aryl methyl sites for hydroxylation is 2.